The Morgan fingerprint density at radius 3 is 1.00 bits per heavy atom. The summed E-state index contributed by atoms with van der Waals surface area (Å²) >= 11 is 0. The third kappa shape index (κ3) is 6.13. The molecule has 0 bridgehead atoms. The van der Waals surface area contributed by atoms with Crippen LogP contribution in [-0.2, 0) is 0 Å². The van der Waals surface area contributed by atoms with Crippen LogP contribution in [0.3, 0.4) is 0 Å². The molecule has 0 radical (unpaired) electrons. The summed E-state index contributed by atoms with van der Waals surface area (Å²) in [5, 5.41) is 19.7. The molecule has 15 rings (SSSR count). The Bertz CT molecular complexity index is 4590. The molecule has 0 N–H and O–H groups in total. The van der Waals surface area contributed by atoms with Crippen molar-refractivity contribution >= 4 is 97.3 Å². The first-order chi connectivity index (χ1) is 35.2. The second-order valence-electron chi connectivity index (χ2n) is 19.0. The van der Waals surface area contributed by atoms with Crippen molar-refractivity contribution < 1.29 is 4.42 Å². The van der Waals surface area contributed by atoms with Gasteiger partial charge in [-0.2, -0.15) is 0 Å². The summed E-state index contributed by atoms with van der Waals surface area (Å²) in [5.41, 5.74) is 14.2. The third-order valence-electron chi connectivity index (χ3n) is 15.2. The predicted molar refractivity (Wildman–Crippen MR) is 303 cm³/mol. The van der Waals surface area contributed by atoms with E-state index in [4.69, 9.17) is 4.42 Å². The minimum Gasteiger partial charge on any atom is -0.456 e. The topological polar surface area (TPSA) is 13.1 Å². The molecule has 1 aromatic heterocycles. The van der Waals surface area contributed by atoms with E-state index in [1.165, 1.54) is 131 Å². The van der Waals surface area contributed by atoms with Gasteiger partial charge in [0.1, 0.15) is 11.2 Å². The molecule has 328 valence electrons. The summed E-state index contributed by atoms with van der Waals surface area (Å²) in [6.07, 6.45) is 0. The Kier molecular flexibility index (Phi) is 8.73. The largest absolute Gasteiger partial charge is 0.456 e. The molecule has 0 saturated heterocycles. The zero-order chi connectivity index (χ0) is 46.6. The first-order valence-corrected chi connectivity index (χ1v) is 24.6. The molecule has 0 amide bonds. The second kappa shape index (κ2) is 15.6. The summed E-state index contributed by atoms with van der Waals surface area (Å²) in [6.45, 7) is 0. The molecule has 0 spiro atoms. The summed E-state index contributed by atoms with van der Waals surface area (Å²) in [6, 6.07) is 94.0. The fourth-order valence-electron chi connectivity index (χ4n) is 12.1. The highest BCUT2D eigenvalue weighted by molar-refractivity contribution is 6.24. The van der Waals surface area contributed by atoms with Gasteiger partial charge in [0.15, 0.2) is 0 Å². The summed E-state index contributed by atoms with van der Waals surface area (Å²) < 4.78 is 6.26. The Balaban J connectivity index is 0.862. The molecular formula is C70H42O. The van der Waals surface area contributed by atoms with E-state index in [0.29, 0.717) is 0 Å². The fraction of sp³-hybridized carbons (Fsp3) is 0. The lowest BCUT2D eigenvalue weighted by Crippen LogP contribution is -1.92. The Morgan fingerprint density at radius 1 is 0.183 bits per heavy atom. The smallest absolute Gasteiger partial charge is 0.135 e. The Morgan fingerprint density at radius 2 is 0.521 bits per heavy atom. The monoisotopic (exact) mass is 898 g/mol. The van der Waals surface area contributed by atoms with Crippen LogP contribution < -0.4 is 0 Å². The standard InChI is InChI=1S/C70H42O/c1-2-16-44-39-47(32-31-43(44)15-1)67-56-20-3-5-22-58(56)68(59-23-6-4-21-57(59)67)48-33-36-51-45(40-48)17-13-28-53(51)54-29-14-18-46-41-49(34-37-52(46)54)69-60-24-7-9-26-62(60)70(63-27-10-8-25-61(63)69)50-35-38-66-64(42-50)55-19-11-12-30-65(55)71-66/h1-42H. The van der Waals surface area contributed by atoms with Crippen molar-refractivity contribution in [2.75, 3.05) is 0 Å². The quantitative estimate of drug-likeness (QED) is 0.157. The van der Waals surface area contributed by atoms with Gasteiger partial charge in [-0.05, 0) is 167 Å². The van der Waals surface area contributed by atoms with Crippen LogP contribution in [0.4, 0.5) is 0 Å². The maximum absolute atomic E-state index is 6.26. The second-order valence-corrected chi connectivity index (χ2v) is 19.0. The van der Waals surface area contributed by atoms with E-state index in [2.05, 4.69) is 249 Å². The first-order valence-electron chi connectivity index (χ1n) is 24.6. The molecule has 0 atom stereocenters. The van der Waals surface area contributed by atoms with Gasteiger partial charge in [-0.15, -0.1) is 0 Å². The van der Waals surface area contributed by atoms with E-state index in [0.717, 1.165) is 21.9 Å². The summed E-state index contributed by atoms with van der Waals surface area (Å²) in [4.78, 5) is 0. The van der Waals surface area contributed by atoms with Crippen LogP contribution in [0.2, 0.25) is 0 Å². The molecule has 1 nitrogen and oxygen atoms in total. The van der Waals surface area contributed by atoms with E-state index >= 15 is 0 Å². The van der Waals surface area contributed by atoms with Gasteiger partial charge in [0.2, 0.25) is 0 Å². The molecule has 71 heavy (non-hydrogen) atoms. The van der Waals surface area contributed by atoms with Crippen LogP contribution in [0.25, 0.3) is 153 Å². The minimum absolute atomic E-state index is 0.908. The fourth-order valence-corrected chi connectivity index (χ4v) is 12.1. The van der Waals surface area contributed by atoms with Gasteiger partial charge >= 0.3 is 0 Å². The third-order valence-corrected chi connectivity index (χ3v) is 15.2. The van der Waals surface area contributed by atoms with Crippen LogP contribution in [0, 0.1) is 0 Å². The average molecular weight is 899 g/mol. The maximum atomic E-state index is 6.26. The molecule has 1 heterocycles. The molecule has 0 aliphatic heterocycles. The van der Waals surface area contributed by atoms with Crippen molar-refractivity contribution in [2.24, 2.45) is 0 Å². The Labute approximate surface area is 410 Å². The molecule has 0 aliphatic rings. The zero-order valence-electron chi connectivity index (χ0n) is 38.7. The van der Waals surface area contributed by atoms with E-state index in [1.54, 1.807) is 0 Å². The molecular weight excluding hydrogens is 857 g/mol. The van der Waals surface area contributed by atoms with Gasteiger partial charge in [-0.25, -0.2) is 0 Å². The van der Waals surface area contributed by atoms with Gasteiger partial charge in [0.05, 0.1) is 0 Å². The van der Waals surface area contributed by atoms with Crippen molar-refractivity contribution in [3.8, 4) is 55.6 Å². The molecule has 14 aromatic carbocycles. The first kappa shape index (κ1) is 39.7. The highest BCUT2D eigenvalue weighted by Crippen LogP contribution is 2.48. The number of rotatable bonds is 5. The number of fused-ring (bicyclic) bond motifs is 10. The van der Waals surface area contributed by atoms with E-state index < -0.39 is 0 Å². The predicted octanol–water partition coefficient (Wildman–Crippen LogP) is 20.0. The van der Waals surface area contributed by atoms with Crippen molar-refractivity contribution in [2.45, 2.75) is 0 Å². The van der Waals surface area contributed by atoms with Crippen molar-refractivity contribution in [1.29, 1.82) is 0 Å². The molecule has 0 saturated carbocycles. The lowest BCUT2D eigenvalue weighted by Gasteiger charge is -2.19. The van der Waals surface area contributed by atoms with E-state index in [1.807, 2.05) is 6.07 Å². The van der Waals surface area contributed by atoms with Crippen LogP contribution in [-0.4, -0.2) is 0 Å². The van der Waals surface area contributed by atoms with Crippen LogP contribution >= 0.6 is 0 Å². The number of hydrogen-bond donors (Lipinski definition) is 0. The zero-order valence-corrected chi connectivity index (χ0v) is 38.7. The van der Waals surface area contributed by atoms with Crippen molar-refractivity contribution in [3.05, 3.63) is 255 Å². The number of para-hydroxylation sites is 1. The number of hydrogen-bond acceptors (Lipinski definition) is 1. The van der Waals surface area contributed by atoms with Crippen molar-refractivity contribution in [1.82, 2.24) is 0 Å². The number of furan rings is 1. The highest BCUT2D eigenvalue weighted by Gasteiger charge is 2.21. The average Bonchev–Trinajstić information content (AvgIpc) is 3.81. The van der Waals surface area contributed by atoms with E-state index in [-0.39, 0.29) is 0 Å². The van der Waals surface area contributed by atoms with Gasteiger partial charge in [0.25, 0.3) is 0 Å². The van der Waals surface area contributed by atoms with E-state index in [9.17, 15) is 0 Å². The molecule has 15 aromatic rings. The molecule has 0 unspecified atom stereocenters. The molecule has 0 aliphatic carbocycles. The SMILES string of the molecule is c1ccc2cc(-c3c4ccccc4c(-c4ccc5c(-c6cccc7cc(-c8c9ccccc9c(-c9ccc%10oc%11ccccc%11c%10c9)c9ccccc89)ccc67)cccc5c4)c4ccccc34)ccc2c1. The minimum atomic E-state index is 0.908. The summed E-state index contributed by atoms with van der Waals surface area (Å²) in [7, 11) is 0. The maximum Gasteiger partial charge on any atom is 0.135 e. The van der Waals surface area contributed by atoms with Crippen LogP contribution in [0.15, 0.2) is 259 Å². The highest BCUT2D eigenvalue weighted by atomic mass is 16.3. The normalized spacial score (nSPS) is 11.9. The lowest BCUT2D eigenvalue weighted by molar-refractivity contribution is 0.669. The van der Waals surface area contributed by atoms with Crippen LogP contribution in [0.5, 0.6) is 0 Å². The van der Waals surface area contributed by atoms with Gasteiger partial charge in [-0.1, -0.05) is 218 Å². The molecule has 0 fully saturated rings. The van der Waals surface area contributed by atoms with Gasteiger partial charge in [-0.3, -0.25) is 0 Å². The lowest BCUT2D eigenvalue weighted by atomic mass is 9.84. The number of benzene rings is 14. The van der Waals surface area contributed by atoms with Gasteiger partial charge < -0.3 is 4.42 Å². The Hall–Kier alpha value is -9.30. The molecule has 1 heteroatoms. The van der Waals surface area contributed by atoms with Crippen LogP contribution in [0.1, 0.15) is 0 Å². The van der Waals surface area contributed by atoms with Gasteiger partial charge in [0, 0.05) is 10.8 Å². The van der Waals surface area contributed by atoms with Crippen molar-refractivity contribution in [3.63, 3.8) is 0 Å². The summed E-state index contributed by atoms with van der Waals surface area (Å²) in [5.74, 6) is 0.